The average molecular weight is 355 g/mol. The maximum Gasteiger partial charge on any atom is 0.286 e. The lowest BCUT2D eigenvalue weighted by Crippen LogP contribution is -2.01. The first-order valence-corrected chi connectivity index (χ1v) is 8.08. The van der Waals surface area contributed by atoms with Gasteiger partial charge in [-0.3, -0.25) is 14.9 Å². The summed E-state index contributed by atoms with van der Waals surface area (Å²) < 4.78 is 5.77. The largest absolute Gasteiger partial charge is 0.488 e. The zero-order valence-corrected chi connectivity index (χ0v) is 13.7. The predicted octanol–water partition coefficient (Wildman–Crippen LogP) is 3.10. The number of amidine groups is 1. The minimum absolute atomic E-state index is 0.0942. The van der Waals surface area contributed by atoms with Crippen molar-refractivity contribution in [1.82, 2.24) is 0 Å². The van der Waals surface area contributed by atoms with E-state index in [1.165, 1.54) is 24.3 Å². The standard InChI is InChI=1S/C17H13N3O4S/c18-17-19-16(21)15(25-17)9-12-8-13(20(22)23)6-7-14(12)24-10-11-4-2-1-3-5-11/h1-9H,10H2,(H2,18,19,21)/b15-9-. The number of nitro benzene ring substituents is 1. The lowest BCUT2D eigenvalue weighted by atomic mass is 10.1. The van der Waals surface area contributed by atoms with Gasteiger partial charge in [0.2, 0.25) is 0 Å². The summed E-state index contributed by atoms with van der Waals surface area (Å²) in [7, 11) is 0. The molecule has 0 unspecified atom stereocenters. The Balaban J connectivity index is 1.90. The number of aliphatic imine (C=N–C) groups is 1. The number of thioether (sulfide) groups is 1. The number of ether oxygens (including phenoxy) is 1. The number of non-ortho nitro benzene ring substituents is 1. The molecule has 0 aromatic heterocycles. The molecule has 0 bridgehead atoms. The number of hydrogen-bond donors (Lipinski definition) is 1. The number of nitro groups is 1. The first kappa shape index (κ1) is 16.7. The summed E-state index contributed by atoms with van der Waals surface area (Å²) in [5.41, 5.74) is 6.82. The summed E-state index contributed by atoms with van der Waals surface area (Å²) in [5, 5.41) is 11.2. The summed E-state index contributed by atoms with van der Waals surface area (Å²) in [5.74, 6) is -0.0381. The Morgan fingerprint density at radius 2 is 2.00 bits per heavy atom. The van der Waals surface area contributed by atoms with Gasteiger partial charge in [0, 0.05) is 17.7 Å². The molecule has 1 aliphatic rings. The first-order chi connectivity index (χ1) is 12.0. The highest BCUT2D eigenvalue weighted by molar-refractivity contribution is 8.18. The Hall–Kier alpha value is -3.13. The molecule has 1 aliphatic heterocycles. The molecule has 25 heavy (non-hydrogen) atoms. The van der Waals surface area contributed by atoms with Crippen molar-refractivity contribution < 1.29 is 14.5 Å². The fourth-order valence-corrected chi connectivity index (χ4v) is 2.87. The van der Waals surface area contributed by atoms with E-state index >= 15 is 0 Å². The fourth-order valence-electron chi connectivity index (χ4n) is 2.20. The van der Waals surface area contributed by atoms with E-state index in [1.807, 2.05) is 30.3 Å². The number of hydrogen-bond acceptors (Lipinski definition) is 6. The molecule has 7 nitrogen and oxygen atoms in total. The quantitative estimate of drug-likeness (QED) is 0.501. The van der Waals surface area contributed by atoms with E-state index in [9.17, 15) is 14.9 Å². The Morgan fingerprint density at radius 1 is 1.24 bits per heavy atom. The monoisotopic (exact) mass is 355 g/mol. The molecular formula is C17H13N3O4S. The van der Waals surface area contributed by atoms with Crippen molar-refractivity contribution in [3.05, 3.63) is 74.7 Å². The number of amides is 1. The van der Waals surface area contributed by atoms with Crippen LogP contribution < -0.4 is 10.5 Å². The van der Waals surface area contributed by atoms with Crippen molar-refractivity contribution in [2.45, 2.75) is 6.61 Å². The zero-order valence-electron chi connectivity index (χ0n) is 12.9. The minimum Gasteiger partial charge on any atom is -0.488 e. The Kier molecular flexibility index (Phi) is 4.80. The maximum absolute atomic E-state index is 11.8. The molecule has 2 aromatic rings. The normalized spacial score (nSPS) is 15.3. The van der Waals surface area contributed by atoms with Gasteiger partial charge in [0.05, 0.1) is 9.83 Å². The van der Waals surface area contributed by atoms with Gasteiger partial charge in [-0.1, -0.05) is 30.3 Å². The molecule has 0 aliphatic carbocycles. The van der Waals surface area contributed by atoms with Crippen molar-refractivity contribution in [2.24, 2.45) is 10.7 Å². The Morgan fingerprint density at radius 3 is 2.64 bits per heavy atom. The second-order valence-corrected chi connectivity index (χ2v) is 6.18. The number of rotatable bonds is 5. The van der Waals surface area contributed by atoms with Crippen molar-refractivity contribution in [1.29, 1.82) is 0 Å². The Bertz CT molecular complexity index is 894. The second-order valence-electron chi connectivity index (χ2n) is 5.12. The van der Waals surface area contributed by atoms with E-state index in [-0.39, 0.29) is 10.9 Å². The van der Waals surface area contributed by atoms with Gasteiger partial charge < -0.3 is 10.5 Å². The van der Waals surface area contributed by atoms with Crippen LogP contribution in [0.3, 0.4) is 0 Å². The summed E-state index contributed by atoms with van der Waals surface area (Å²) in [6, 6.07) is 13.7. The van der Waals surface area contributed by atoms with E-state index in [0.717, 1.165) is 17.3 Å². The summed E-state index contributed by atoms with van der Waals surface area (Å²) in [4.78, 5) is 26.2. The zero-order chi connectivity index (χ0) is 17.8. The number of carbonyl (C=O) groups excluding carboxylic acids is 1. The van der Waals surface area contributed by atoms with E-state index in [1.54, 1.807) is 0 Å². The van der Waals surface area contributed by atoms with E-state index in [0.29, 0.717) is 22.8 Å². The van der Waals surface area contributed by atoms with Crippen LogP contribution in [0.1, 0.15) is 11.1 Å². The molecule has 2 N–H and O–H groups in total. The molecule has 1 heterocycles. The van der Waals surface area contributed by atoms with Crippen LogP contribution in [0.4, 0.5) is 5.69 Å². The van der Waals surface area contributed by atoms with Crippen molar-refractivity contribution in [3.8, 4) is 5.75 Å². The highest BCUT2D eigenvalue weighted by atomic mass is 32.2. The molecule has 3 rings (SSSR count). The van der Waals surface area contributed by atoms with Gasteiger partial charge in [-0.05, 0) is 29.5 Å². The van der Waals surface area contributed by atoms with Crippen LogP contribution in [-0.2, 0) is 11.4 Å². The van der Waals surface area contributed by atoms with E-state index < -0.39 is 10.8 Å². The van der Waals surface area contributed by atoms with Crippen molar-refractivity contribution in [2.75, 3.05) is 0 Å². The first-order valence-electron chi connectivity index (χ1n) is 7.26. The molecule has 2 aromatic carbocycles. The summed E-state index contributed by atoms with van der Waals surface area (Å²) in [6.07, 6.45) is 1.50. The van der Waals surface area contributed by atoms with Gasteiger partial charge >= 0.3 is 0 Å². The highest BCUT2D eigenvalue weighted by Gasteiger charge is 2.21. The van der Waals surface area contributed by atoms with E-state index in [4.69, 9.17) is 10.5 Å². The van der Waals surface area contributed by atoms with Gasteiger partial charge in [0.25, 0.3) is 11.6 Å². The second kappa shape index (κ2) is 7.18. The van der Waals surface area contributed by atoms with Crippen molar-refractivity contribution >= 4 is 34.6 Å². The SMILES string of the molecule is NC1=NC(=O)/C(=C/c2cc([N+](=O)[O-])ccc2OCc2ccccc2)S1. The topological polar surface area (TPSA) is 108 Å². The summed E-state index contributed by atoms with van der Waals surface area (Å²) in [6.45, 7) is 0.300. The van der Waals surface area contributed by atoms with Crippen LogP contribution in [0.25, 0.3) is 6.08 Å². The Labute approximate surface area is 147 Å². The van der Waals surface area contributed by atoms with Gasteiger partial charge in [0.1, 0.15) is 12.4 Å². The minimum atomic E-state index is -0.503. The average Bonchev–Trinajstić information content (AvgIpc) is 2.91. The van der Waals surface area contributed by atoms with Gasteiger partial charge in [0.15, 0.2) is 5.17 Å². The molecule has 126 valence electrons. The van der Waals surface area contributed by atoms with Crippen LogP contribution in [0.5, 0.6) is 5.75 Å². The number of carbonyl (C=O) groups is 1. The number of benzene rings is 2. The van der Waals surface area contributed by atoms with Gasteiger partial charge in [-0.15, -0.1) is 0 Å². The molecule has 0 atom stereocenters. The highest BCUT2D eigenvalue weighted by Crippen LogP contribution is 2.32. The van der Waals surface area contributed by atoms with Crippen LogP contribution in [0, 0.1) is 10.1 Å². The smallest absolute Gasteiger partial charge is 0.286 e. The number of nitrogens with zero attached hydrogens (tertiary/aromatic N) is 2. The molecule has 0 saturated heterocycles. The third-order valence-corrected chi connectivity index (χ3v) is 4.18. The predicted molar refractivity (Wildman–Crippen MR) is 96.1 cm³/mol. The molecule has 0 saturated carbocycles. The summed E-state index contributed by atoms with van der Waals surface area (Å²) >= 11 is 1.02. The number of nitrogens with two attached hydrogens (primary N) is 1. The lowest BCUT2D eigenvalue weighted by molar-refractivity contribution is -0.384. The fraction of sp³-hybridized carbons (Fsp3) is 0.0588. The lowest BCUT2D eigenvalue weighted by Gasteiger charge is -2.10. The van der Waals surface area contributed by atoms with E-state index in [2.05, 4.69) is 4.99 Å². The van der Waals surface area contributed by atoms with Crippen LogP contribution in [-0.4, -0.2) is 16.0 Å². The van der Waals surface area contributed by atoms with Crippen LogP contribution >= 0.6 is 11.8 Å². The van der Waals surface area contributed by atoms with Crippen LogP contribution in [0.2, 0.25) is 0 Å². The van der Waals surface area contributed by atoms with Gasteiger partial charge in [-0.25, -0.2) is 0 Å². The van der Waals surface area contributed by atoms with Gasteiger partial charge in [-0.2, -0.15) is 4.99 Å². The molecule has 0 spiro atoms. The third-order valence-electron chi connectivity index (χ3n) is 3.36. The molecular weight excluding hydrogens is 342 g/mol. The molecule has 0 fully saturated rings. The maximum atomic E-state index is 11.8. The van der Waals surface area contributed by atoms with Crippen molar-refractivity contribution in [3.63, 3.8) is 0 Å². The molecule has 8 heteroatoms. The molecule has 0 radical (unpaired) electrons. The third kappa shape index (κ3) is 4.04. The van der Waals surface area contributed by atoms with Crippen LogP contribution in [0.15, 0.2) is 58.4 Å². The molecule has 1 amide bonds.